The number of hydrogen-bond acceptors (Lipinski definition) is 5. The van der Waals surface area contributed by atoms with Gasteiger partial charge in [0, 0.05) is 45.2 Å². The molecule has 0 aromatic heterocycles. The zero-order valence-electron chi connectivity index (χ0n) is 14.8. The van der Waals surface area contributed by atoms with Crippen molar-refractivity contribution >= 4 is 12.4 Å². The van der Waals surface area contributed by atoms with Gasteiger partial charge in [0.1, 0.15) is 11.9 Å². The highest BCUT2D eigenvalue weighted by Gasteiger charge is 2.26. The third-order valence-corrected chi connectivity index (χ3v) is 4.58. The molecular weight excluding hydrogens is 294 g/mol. The standard InChI is InChI=1S/C17H31N3O3/c1-17(2,3)23-16(22)20-12-10-19(11-13-20)9-8-18-6-4-15(14-21)5-7-18/h14-15H,4-13H2,1-3H3. The van der Waals surface area contributed by atoms with E-state index in [2.05, 4.69) is 9.80 Å². The SMILES string of the molecule is CC(C)(C)OC(=O)N1CCN(CCN2CCC(C=O)CC2)CC1. The number of carbonyl (C=O) groups is 2. The average molecular weight is 325 g/mol. The lowest BCUT2D eigenvalue weighted by molar-refractivity contribution is -0.112. The molecule has 0 unspecified atom stereocenters. The minimum Gasteiger partial charge on any atom is -0.444 e. The fourth-order valence-electron chi connectivity index (χ4n) is 3.08. The van der Waals surface area contributed by atoms with Crippen molar-refractivity contribution in [3.8, 4) is 0 Å². The lowest BCUT2D eigenvalue weighted by atomic mass is 9.99. The van der Waals surface area contributed by atoms with E-state index < -0.39 is 5.60 Å². The van der Waals surface area contributed by atoms with Crippen LogP contribution in [0.5, 0.6) is 0 Å². The Balaban J connectivity index is 1.63. The average Bonchev–Trinajstić information content (AvgIpc) is 2.52. The number of hydrogen-bond donors (Lipinski definition) is 0. The molecule has 6 heteroatoms. The van der Waals surface area contributed by atoms with Gasteiger partial charge in [-0.3, -0.25) is 4.90 Å². The molecule has 2 aliphatic heterocycles. The number of aldehydes is 1. The van der Waals surface area contributed by atoms with E-state index in [0.29, 0.717) is 0 Å². The number of amides is 1. The van der Waals surface area contributed by atoms with Crippen LogP contribution in [-0.4, -0.2) is 85.0 Å². The Labute approximate surface area is 139 Å². The molecule has 2 fully saturated rings. The first kappa shape index (κ1) is 18.2. The maximum atomic E-state index is 12.0. The summed E-state index contributed by atoms with van der Waals surface area (Å²) in [6.07, 6.45) is 2.90. The molecule has 0 aromatic rings. The lowest BCUT2D eigenvalue weighted by Gasteiger charge is -2.37. The molecule has 132 valence electrons. The molecule has 2 heterocycles. The fourth-order valence-corrected chi connectivity index (χ4v) is 3.08. The van der Waals surface area contributed by atoms with Crippen LogP contribution in [0.15, 0.2) is 0 Å². The van der Waals surface area contributed by atoms with Crippen LogP contribution in [0.1, 0.15) is 33.6 Å². The summed E-state index contributed by atoms with van der Waals surface area (Å²) >= 11 is 0. The van der Waals surface area contributed by atoms with Crippen LogP contribution in [0, 0.1) is 5.92 Å². The van der Waals surface area contributed by atoms with Crippen molar-refractivity contribution in [1.82, 2.24) is 14.7 Å². The zero-order valence-corrected chi connectivity index (χ0v) is 14.8. The Bertz CT molecular complexity index is 392. The van der Waals surface area contributed by atoms with Crippen LogP contribution in [0.2, 0.25) is 0 Å². The molecule has 2 saturated heterocycles. The first-order valence-corrected chi connectivity index (χ1v) is 8.75. The van der Waals surface area contributed by atoms with Gasteiger partial charge in [-0.25, -0.2) is 4.79 Å². The molecule has 0 N–H and O–H groups in total. The van der Waals surface area contributed by atoms with E-state index in [1.165, 1.54) is 0 Å². The smallest absolute Gasteiger partial charge is 0.410 e. The van der Waals surface area contributed by atoms with Crippen LogP contribution in [-0.2, 0) is 9.53 Å². The van der Waals surface area contributed by atoms with E-state index in [-0.39, 0.29) is 12.0 Å². The molecule has 23 heavy (non-hydrogen) atoms. The van der Waals surface area contributed by atoms with Crippen molar-refractivity contribution in [1.29, 1.82) is 0 Å². The normalized spacial score (nSPS) is 22.1. The van der Waals surface area contributed by atoms with Gasteiger partial charge in [0.05, 0.1) is 0 Å². The van der Waals surface area contributed by atoms with Crippen molar-refractivity contribution in [2.45, 2.75) is 39.2 Å². The van der Waals surface area contributed by atoms with E-state index in [4.69, 9.17) is 4.74 Å². The Morgan fingerprint density at radius 2 is 1.52 bits per heavy atom. The van der Waals surface area contributed by atoms with Gasteiger partial charge in [-0.1, -0.05) is 0 Å². The minimum atomic E-state index is -0.429. The fraction of sp³-hybridized carbons (Fsp3) is 0.882. The third-order valence-electron chi connectivity index (χ3n) is 4.58. The Hall–Kier alpha value is -1.14. The van der Waals surface area contributed by atoms with Crippen molar-refractivity contribution in [2.24, 2.45) is 5.92 Å². The first-order valence-electron chi connectivity index (χ1n) is 8.75. The Kier molecular flexibility index (Phi) is 6.41. The van der Waals surface area contributed by atoms with Crippen LogP contribution < -0.4 is 0 Å². The second kappa shape index (κ2) is 8.11. The van der Waals surface area contributed by atoms with Gasteiger partial charge in [0.2, 0.25) is 0 Å². The summed E-state index contributed by atoms with van der Waals surface area (Å²) < 4.78 is 5.42. The van der Waals surface area contributed by atoms with Gasteiger partial charge in [-0.2, -0.15) is 0 Å². The second-order valence-electron chi connectivity index (χ2n) is 7.62. The van der Waals surface area contributed by atoms with Crippen LogP contribution in [0.3, 0.4) is 0 Å². The van der Waals surface area contributed by atoms with Crippen molar-refractivity contribution in [2.75, 3.05) is 52.4 Å². The van der Waals surface area contributed by atoms with Gasteiger partial charge in [-0.05, 0) is 46.7 Å². The van der Waals surface area contributed by atoms with E-state index in [1.54, 1.807) is 4.90 Å². The predicted molar refractivity (Wildman–Crippen MR) is 89.5 cm³/mol. The van der Waals surface area contributed by atoms with Gasteiger partial charge in [0.15, 0.2) is 0 Å². The molecule has 1 amide bonds. The van der Waals surface area contributed by atoms with E-state index in [9.17, 15) is 9.59 Å². The molecule has 0 radical (unpaired) electrons. The van der Waals surface area contributed by atoms with E-state index in [1.807, 2.05) is 20.8 Å². The summed E-state index contributed by atoms with van der Waals surface area (Å²) in [7, 11) is 0. The summed E-state index contributed by atoms with van der Waals surface area (Å²) in [5, 5.41) is 0. The number of nitrogens with zero attached hydrogens (tertiary/aromatic N) is 3. The topological polar surface area (TPSA) is 53.1 Å². The zero-order chi connectivity index (χ0) is 16.9. The highest BCUT2D eigenvalue weighted by molar-refractivity contribution is 5.68. The minimum absolute atomic E-state index is 0.201. The summed E-state index contributed by atoms with van der Waals surface area (Å²) in [5.41, 5.74) is -0.429. The summed E-state index contributed by atoms with van der Waals surface area (Å²) in [4.78, 5) is 29.5. The molecule has 0 saturated carbocycles. The van der Waals surface area contributed by atoms with E-state index >= 15 is 0 Å². The predicted octanol–water partition coefficient (Wildman–Crippen LogP) is 1.45. The maximum absolute atomic E-state index is 12.0. The number of piperidine rings is 1. The molecule has 2 aliphatic rings. The lowest BCUT2D eigenvalue weighted by Crippen LogP contribution is -2.51. The van der Waals surface area contributed by atoms with Gasteiger partial charge in [0.25, 0.3) is 0 Å². The molecule has 0 aromatic carbocycles. The maximum Gasteiger partial charge on any atom is 0.410 e. The molecule has 0 atom stereocenters. The Morgan fingerprint density at radius 3 is 2.00 bits per heavy atom. The van der Waals surface area contributed by atoms with Crippen LogP contribution in [0.25, 0.3) is 0 Å². The monoisotopic (exact) mass is 325 g/mol. The summed E-state index contributed by atoms with van der Waals surface area (Å²) in [6.45, 7) is 13.1. The second-order valence-corrected chi connectivity index (χ2v) is 7.62. The van der Waals surface area contributed by atoms with Gasteiger partial charge >= 0.3 is 6.09 Å². The van der Waals surface area contributed by atoms with Crippen molar-refractivity contribution < 1.29 is 14.3 Å². The van der Waals surface area contributed by atoms with Gasteiger partial charge < -0.3 is 19.3 Å². The first-order chi connectivity index (χ1) is 10.9. The largest absolute Gasteiger partial charge is 0.444 e. The molecule has 0 spiro atoms. The number of ether oxygens (including phenoxy) is 1. The summed E-state index contributed by atoms with van der Waals surface area (Å²) in [5.74, 6) is 0.267. The number of likely N-dealkylation sites (tertiary alicyclic amines) is 1. The highest BCUT2D eigenvalue weighted by Crippen LogP contribution is 2.15. The van der Waals surface area contributed by atoms with Gasteiger partial charge in [-0.15, -0.1) is 0 Å². The molecule has 2 rings (SSSR count). The molecule has 0 aliphatic carbocycles. The van der Waals surface area contributed by atoms with Crippen LogP contribution >= 0.6 is 0 Å². The number of piperazine rings is 1. The molecular formula is C17H31N3O3. The Morgan fingerprint density at radius 1 is 1.00 bits per heavy atom. The quantitative estimate of drug-likeness (QED) is 0.732. The van der Waals surface area contributed by atoms with Crippen molar-refractivity contribution in [3.05, 3.63) is 0 Å². The number of rotatable bonds is 4. The molecule has 0 bridgehead atoms. The molecule has 6 nitrogen and oxygen atoms in total. The number of carbonyl (C=O) groups excluding carboxylic acids is 2. The third kappa shape index (κ3) is 6.11. The van der Waals surface area contributed by atoms with E-state index in [0.717, 1.165) is 71.5 Å². The highest BCUT2D eigenvalue weighted by atomic mass is 16.6. The summed E-state index contributed by atoms with van der Waals surface area (Å²) in [6, 6.07) is 0. The van der Waals surface area contributed by atoms with Crippen molar-refractivity contribution in [3.63, 3.8) is 0 Å². The van der Waals surface area contributed by atoms with Crippen LogP contribution in [0.4, 0.5) is 4.79 Å².